The normalized spacial score (nSPS) is 19.4. The average molecular weight is 418 g/mol. The van der Waals surface area contributed by atoms with Crippen LogP contribution in [0.4, 0.5) is 0 Å². The van der Waals surface area contributed by atoms with E-state index in [2.05, 4.69) is 5.32 Å². The first-order valence-electron chi connectivity index (χ1n) is 10.2. The van der Waals surface area contributed by atoms with Crippen LogP contribution in [0.2, 0.25) is 0 Å². The zero-order chi connectivity index (χ0) is 21.2. The summed E-state index contributed by atoms with van der Waals surface area (Å²) in [5.41, 5.74) is 1.97. The monoisotopic (exact) mass is 418 g/mol. The summed E-state index contributed by atoms with van der Waals surface area (Å²) >= 11 is 0. The molecule has 1 saturated heterocycles. The minimum absolute atomic E-state index is 0.0822. The van der Waals surface area contributed by atoms with Crippen LogP contribution in [-0.4, -0.2) is 36.6 Å². The highest BCUT2D eigenvalue weighted by Gasteiger charge is 2.41. The second kappa shape index (κ2) is 8.18. The van der Waals surface area contributed by atoms with Gasteiger partial charge in [0, 0.05) is 25.6 Å². The number of carbonyl (C=O) groups excluding carboxylic acids is 2. The van der Waals surface area contributed by atoms with Gasteiger partial charge in [-0.2, -0.15) is 0 Å². The molecule has 2 aliphatic rings. The number of hydrogen-bond donors (Lipinski definition) is 1. The zero-order valence-corrected chi connectivity index (χ0v) is 16.8. The molecule has 7 nitrogen and oxygen atoms in total. The predicted octanol–water partition coefficient (Wildman–Crippen LogP) is 3.18. The Morgan fingerprint density at radius 3 is 2.61 bits per heavy atom. The van der Waals surface area contributed by atoms with Crippen molar-refractivity contribution in [3.63, 3.8) is 0 Å². The molecule has 0 bridgehead atoms. The quantitative estimate of drug-likeness (QED) is 0.688. The van der Waals surface area contributed by atoms with Crippen LogP contribution in [0.3, 0.4) is 0 Å². The third-order valence-corrected chi connectivity index (χ3v) is 5.81. The van der Waals surface area contributed by atoms with Gasteiger partial charge in [-0.15, -0.1) is 0 Å². The summed E-state index contributed by atoms with van der Waals surface area (Å²) in [5.74, 6) is 0.964. The van der Waals surface area contributed by atoms with Gasteiger partial charge in [-0.3, -0.25) is 9.59 Å². The molecule has 7 heteroatoms. The van der Waals surface area contributed by atoms with Gasteiger partial charge in [0.25, 0.3) is 5.91 Å². The third-order valence-electron chi connectivity index (χ3n) is 5.81. The molecule has 0 radical (unpaired) electrons. The van der Waals surface area contributed by atoms with Crippen LogP contribution in [0.5, 0.6) is 11.5 Å². The standard InChI is InChI=1S/C24H22N2O5/c27-23(25-12-16-8-9-20-22(11-16)31-15-30-20)19-14-26(24(28)21-7-4-10-29-21)13-18(19)17-5-2-1-3-6-17/h1-11,18-19H,12-15H2,(H,25,27). The van der Waals surface area contributed by atoms with Crippen molar-refractivity contribution in [3.05, 3.63) is 83.8 Å². The van der Waals surface area contributed by atoms with Gasteiger partial charge in [0.1, 0.15) is 0 Å². The summed E-state index contributed by atoms with van der Waals surface area (Å²) in [7, 11) is 0. The van der Waals surface area contributed by atoms with E-state index in [9.17, 15) is 9.59 Å². The van der Waals surface area contributed by atoms with Gasteiger partial charge in [0.05, 0.1) is 12.2 Å². The SMILES string of the molecule is O=C(NCc1ccc2c(c1)OCO2)C1CN(C(=O)c2ccco2)CC1c1ccccc1. The Kier molecular flexibility index (Phi) is 5.08. The Morgan fingerprint density at radius 1 is 0.968 bits per heavy atom. The highest BCUT2D eigenvalue weighted by atomic mass is 16.7. The number of fused-ring (bicyclic) bond motifs is 1. The van der Waals surface area contributed by atoms with Crippen molar-refractivity contribution in [1.29, 1.82) is 0 Å². The van der Waals surface area contributed by atoms with Crippen molar-refractivity contribution in [2.24, 2.45) is 5.92 Å². The molecule has 2 unspecified atom stereocenters. The van der Waals surface area contributed by atoms with E-state index in [0.29, 0.717) is 31.1 Å². The van der Waals surface area contributed by atoms with E-state index in [0.717, 1.165) is 11.1 Å². The highest BCUT2D eigenvalue weighted by molar-refractivity contribution is 5.92. The number of nitrogens with one attached hydrogen (secondary N) is 1. The van der Waals surface area contributed by atoms with Crippen LogP contribution in [0, 0.1) is 5.92 Å². The maximum Gasteiger partial charge on any atom is 0.289 e. The Hall–Kier alpha value is -3.74. The van der Waals surface area contributed by atoms with Gasteiger partial charge < -0.3 is 24.1 Å². The summed E-state index contributed by atoms with van der Waals surface area (Å²) in [5, 5.41) is 3.03. The van der Waals surface area contributed by atoms with Crippen molar-refractivity contribution in [2.45, 2.75) is 12.5 Å². The second-order valence-corrected chi connectivity index (χ2v) is 7.72. The highest BCUT2D eigenvalue weighted by Crippen LogP contribution is 2.35. The Bertz CT molecular complexity index is 1080. The topological polar surface area (TPSA) is 81.0 Å². The van der Waals surface area contributed by atoms with Crippen LogP contribution < -0.4 is 14.8 Å². The van der Waals surface area contributed by atoms with Gasteiger partial charge in [0.2, 0.25) is 12.7 Å². The first-order chi connectivity index (χ1) is 15.2. The van der Waals surface area contributed by atoms with E-state index >= 15 is 0 Å². The van der Waals surface area contributed by atoms with Crippen molar-refractivity contribution in [2.75, 3.05) is 19.9 Å². The first kappa shape index (κ1) is 19.2. The number of likely N-dealkylation sites (tertiary alicyclic amines) is 1. The molecule has 3 aromatic rings. The van der Waals surface area contributed by atoms with Crippen LogP contribution >= 0.6 is 0 Å². The largest absolute Gasteiger partial charge is 0.459 e. The molecule has 1 fully saturated rings. The lowest BCUT2D eigenvalue weighted by Crippen LogP contribution is -2.35. The average Bonchev–Trinajstić information content (AvgIpc) is 3.57. The molecule has 0 spiro atoms. The first-order valence-corrected chi connectivity index (χ1v) is 10.2. The van der Waals surface area contributed by atoms with Gasteiger partial charge >= 0.3 is 0 Å². The third kappa shape index (κ3) is 3.86. The number of furan rings is 1. The number of rotatable bonds is 5. The second-order valence-electron chi connectivity index (χ2n) is 7.72. The van der Waals surface area contributed by atoms with Crippen LogP contribution in [0.25, 0.3) is 0 Å². The number of nitrogens with zero attached hydrogens (tertiary/aromatic N) is 1. The smallest absolute Gasteiger partial charge is 0.289 e. The molecule has 5 rings (SSSR count). The van der Waals surface area contributed by atoms with E-state index in [1.807, 2.05) is 48.5 Å². The van der Waals surface area contributed by atoms with Crippen LogP contribution in [0.15, 0.2) is 71.3 Å². The number of benzene rings is 2. The van der Waals surface area contributed by atoms with Gasteiger partial charge in [0.15, 0.2) is 17.3 Å². The summed E-state index contributed by atoms with van der Waals surface area (Å²) in [6.07, 6.45) is 1.48. The van der Waals surface area contributed by atoms with Crippen molar-refractivity contribution < 1.29 is 23.5 Å². The molecular weight excluding hydrogens is 396 g/mol. The molecule has 3 heterocycles. The molecule has 2 atom stereocenters. The molecule has 2 amide bonds. The molecule has 1 N–H and O–H groups in total. The molecule has 2 aromatic carbocycles. The van der Waals surface area contributed by atoms with Gasteiger partial charge in [-0.25, -0.2) is 0 Å². The number of hydrogen-bond acceptors (Lipinski definition) is 5. The fourth-order valence-corrected chi connectivity index (χ4v) is 4.20. The number of ether oxygens (including phenoxy) is 2. The minimum atomic E-state index is -0.352. The minimum Gasteiger partial charge on any atom is -0.459 e. The Morgan fingerprint density at radius 2 is 1.81 bits per heavy atom. The molecule has 2 aliphatic heterocycles. The zero-order valence-electron chi connectivity index (χ0n) is 16.8. The van der Waals surface area contributed by atoms with Crippen LogP contribution in [0.1, 0.15) is 27.6 Å². The molecule has 31 heavy (non-hydrogen) atoms. The van der Waals surface area contributed by atoms with Gasteiger partial charge in [-0.1, -0.05) is 36.4 Å². The fourth-order valence-electron chi connectivity index (χ4n) is 4.20. The summed E-state index contributed by atoms with van der Waals surface area (Å²) in [6.45, 7) is 1.39. The maximum absolute atomic E-state index is 13.2. The van der Waals surface area contributed by atoms with Gasteiger partial charge in [-0.05, 0) is 35.4 Å². The molecule has 158 valence electrons. The number of carbonyl (C=O) groups is 2. The molecule has 0 saturated carbocycles. The summed E-state index contributed by atoms with van der Waals surface area (Å²) in [4.78, 5) is 27.7. The van der Waals surface area contributed by atoms with E-state index in [1.54, 1.807) is 17.0 Å². The summed E-state index contributed by atoms with van der Waals surface area (Å²) < 4.78 is 16.0. The lowest BCUT2D eigenvalue weighted by Gasteiger charge is -2.18. The molecule has 0 aliphatic carbocycles. The Labute approximate surface area is 179 Å². The fraction of sp³-hybridized carbons (Fsp3) is 0.250. The van der Waals surface area contributed by atoms with Crippen molar-refractivity contribution in [3.8, 4) is 11.5 Å². The number of amides is 2. The predicted molar refractivity (Wildman–Crippen MR) is 112 cm³/mol. The van der Waals surface area contributed by atoms with E-state index < -0.39 is 0 Å². The van der Waals surface area contributed by atoms with E-state index in [4.69, 9.17) is 13.9 Å². The molecule has 1 aromatic heterocycles. The molecular formula is C24H22N2O5. The van der Waals surface area contributed by atoms with E-state index in [1.165, 1.54) is 6.26 Å². The van der Waals surface area contributed by atoms with E-state index in [-0.39, 0.29) is 36.2 Å². The maximum atomic E-state index is 13.2. The Balaban J connectivity index is 1.32. The lowest BCUT2D eigenvalue weighted by atomic mass is 9.88. The lowest BCUT2D eigenvalue weighted by molar-refractivity contribution is -0.125. The summed E-state index contributed by atoms with van der Waals surface area (Å²) in [6, 6.07) is 18.8. The van der Waals surface area contributed by atoms with Crippen molar-refractivity contribution >= 4 is 11.8 Å². The van der Waals surface area contributed by atoms with Crippen LogP contribution in [-0.2, 0) is 11.3 Å². The van der Waals surface area contributed by atoms with Crippen molar-refractivity contribution in [1.82, 2.24) is 10.2 Å².